The highest BCUT2D eigenvalue weighted by atomic mass is 32.1. The van der Waals surface area contributed by atoms with Crippen molar-refractivity contribution < 1.29 is 32.6 Å². The molecule has 1 aromatic heterocycles. The number of aliphatic carboxylic acids is 1. The second kappa shape index (κ2) is 11.0. The van der Waals surface area contributed by atoms with E-state index < -0.39 is 25.2 Å². The molecule has 0 fully saturated rings. The summed E-state index contributed by atoms with van der Waals surface area (Å²) in [7, 11) is 0. The fraction of sp³-hybridized carbons (Fsp3) is 0.346. The van der Waals surface area contributed by atoms with Crippen LogP contribution in [-0.4, -0.2) is 34.6 Å². The maximum atomic E-state index is 12.8. The lowest BCUT2D eigenvalue weighted by atomic mass is 10.0. The lowest BCUT2D eigenvalue weighted by Gasteiger charge is -2.09. The fourth-order valence-corrected chi connectivity index (χ4v) is 4.83. The van der Waals surface area contributed by atoms with Crippen molar-refractivity contribution in [1.29, 1.82) is 0 Å². The fourth-order valence-electron chi connectivity index (χ4n) is 3.61. The van der Waals surface area contributed by atoms with Crippen molar-refractivity contribution in [2.75, 3.05) is 6.61 Å². The molecule has 2 aromatic carbocycles. The predicted molar refractivity (Wildman–Crippen MR) is 128 cm³/mol. The lowest BCUT2D eigenvalue weighted by Crippen LogP contribution is -2.11. The van der Waals surface area contributed by atoms with Crippen molar-refractivity contribution in [3.63, 3.8) is 0 Å². The van der Waals surface area contributed by atoms with Crippen LogP contribution in [0.3, 0.4) is 0 Å². The number of hydrogen-bond donors (Lipinski definition) is 1. The highest BCUT2D eigenvalue weighted by Crippen LogP contribution is 2.33. The number of aromatic nitrogens is 1. The Hall–Kier alpha value is -3.20. The van der Waals surface area contributed by atoms with Crippen molar-refractivity contribution in [2.45, 2.75) is 52.1 Å². The minimum absolute atomic E-state index is 0.0564. The Morgan fingerprint density at radius 1 is 1.11 bits per heavy atom. The number of Topliss-reactive ketones (excluding diaryl/α,β-unsaturated/α-hetero) is 1. The Bertz CT molecular complexity index is 1200. The van der Waals surface area contributed by atoms with Crippen LogP contribution >= 0.6 is 11.3 Å². The number of ketones is 1. The number of alkyl halides is 3. The van der Waals surface area contributed by atoms with Gasteiger partial charge in [-0.05, 0) is 48.6 Å². The molecule has 0 amide bonds. The monoisotopic (exact) mass is 505 g/mol. The number of carboxylic acids is 1. The van der Waals surface area contributed by atoms with Crippen molar-refractivity contribution in [3.8, 4) is 16.3 Å². The summed E-state index contributed by atoms with van der Waals surface area (Å²) in [6, 6.07) is 11.1. The van der Waals surface area contributed by atoms with Gasteiger partial charge in [-0.2, -0.15) is 13.2 Å². The topological polar surface area (TPSA) is 76.5 Å². The maximum absolute atomic E-state index is 12.8. The molecule has 35 heavy (non-hydrogen) atoms. The molecule has 0 spiro atoms. The highest BCUT2D eigenvalue weighted by Gasteiger charge is 2.27. The van der Waals surface area contributed by atoms with Gasteiger partial charge in [0.2, 0.25) is 0 Å². The Balaban J connectivity index is 1.72. The summed E-state index contributed by atoms with van der Waals surface area (Å²) >= 11 is 1.45. The van der Waals surface area contributed by atoms with Crippen LogP contribution in [0.5, 0.6) is 5.75 Å². The number of rotatable bonds is 10. The van der Waals surface area contributed by atoms with Crippen LogP contribution in [0.2, 0.25) is 0 Å². The van der Waals surface area contributed by atoms with Crippen molar-refractivity contribution in [2.24, 2.45) is 0 Å². The minimum Gasteiger partial charge on any atom is -0.482 e. The number of carbonyl (C=O) groups excluding carboxylic acids is 1. The molecule has 0 saturated carbocycles. The largest absolute Gasteiger partial charge is 0.482 e. The van der Waals surface area contributed by atoms with Gasteiger partial charge in [0.15, 0.2) is 12.4 Å². The average Bonchev–Trinajstić information content (AvgIpc) is 3.20. The summed E-state index contributed by atoms with van der Waals surface area (Å²) in [5.41, 5.74) is 3.01. The Morgan fingerprint density at radius 3 is 2.37 bits per heavy atom. The molecule has 1 N–H and O–H groups in total. The Morgan fingerprint density at radius 2 is 1.80 bits per heavy atom. The molecule has 0 aliphatic heterocycles. The molecule has 0 aliphatic carbocycles. The first-order valence-corrected chi connectivity index (χ1v) is 11.9. The first-order chi connectivity index (χ1) is 16.4. The average molecular weight is 506 g/mol. The number of aryl methyl sites for hydroxylation is 2. The molecule has 3 rings (SSSR count). The van der Waals surface area contributed by atoms with Gasteiger partial charge in [0.05, 0.1) is 12.1 Å². The number of carboxylic acid groups (broad SMARTS) is 1. The van der Waals surface area contributed by atoms with Gasteiger partial charge in [0.1, 0.15) is 10.8 Å². The first-order valence-electron chi connectivity index (χ1n) is 11.1. The normalized spacial score (nSPS) is 11.6. The van der Waals surface area contributed by atoms with Crippen LogP contribution in [-0.2, 0) is 17.6 Å². The number of benzene rings is 2. The summed E-state index contributed by atoms with van der Waals surface area (Å²) in [6.45, 7) is 5.32. The highest BCUT2D eigenvalue weighted by molar-refractivity contribution is 7.15. The molecule has 0 atom stereocenters. The number of nitrogens with zero attached hydrogens (tertiary/aromatic N) is 1. The molecular formula is C26H26F3NO4S. The van der Waals surface area contributed by atoms with E-state index in [0.717, 1.165) is 16.1 Å². The van der Waals surface area contributed by atoms with E-state index in [4.69, 9.17) is 14.8 Å². The van der Waals surface area contributed by atoms with Crippen LogP contribution in [0.4, 0.5) is 13.2 Å². The van der Waals surface area contributed by atoms with E-state index in [0.29, 0.717) is 28.3 Å². The number of hydrogen-bond acceptors (Lipinski definition) is 5. The van der Waals surface area contributed by atoms with Gasteiger partial charge in [-0.15, -0.1) is 11.3 Å². The molecule has 0 radical (unpaired) electrons. The molecule has 186 valence electrons. The summed E-state index contributed by atoms with van der Waals surface area (Å²) < 4.78 is 43.1. The van der Waals surface area contributed by atoms with Crippen LogP contribution in [0, 0.1) is 6.92 Å². The van der Waals surface area contributed by atoms with Gasteiger partial charge in [0, 0.05) is 22.4 Å². The van der Waals surface area contributed by atoms with Gasteiger partial charge in [0.25, 0.3) is 0 Å². The molecule has 1 heterocycles. The van der Waals surface area contributed by atoms with E-state index in [1.54, 1.807) is 37.3 Å². The summed E-state index contributed by atoms with van der Waals surface area (Å²) in [6.07, 6.45) is -4.47. The zero-order valence-corrected chi connectivity index (χ0v) is 20.4. The van der Waals surface area contributed by atoms with Crippen molar-refractivity contribution in [1.82, 2.24) is 4.98 Å². The van der Waals surface area contributed by atoms with Gasteiger partial charge in [-0.25, -0.2) is 9.78 Å². The molecule has 0 aliphatic rings. The molecule has 9 heteroatoms. The lowest BCUT2D eigenvalue weighted by molar-refractivity contribution is -0.139. The molecule has 0 unspecified atom stereocenters. The van der Waals surface area contributed by atoms with Gasteiger partial charge in [-0.1, -0.05) is 38.1 Å². The molecule has 3 aromatic rings. The quantitative estimate of drug-likeness (QED) is 0.313. The molecule has 0 saturated heterocycles. The van der Waals surface area contributed by atoms with Gasteiger partial charge < -0.3 is 9.84 Å². The van der Waals surface area contributed by atoms with Crippen LogP contribution in [0.1, 0.15) is 58.2 Å². The van der Waals surface area contributed by atoms with Crippen LogP contribution in [0.25, 0.3) is 10.6 Å². The smallest absolute Gasteiger partial charge is 0.393 e. The Labute approximate surface area is 205 Å². The third kappa shape index (κ3) is 7.39. The van der Waals surface area contributed by atoms with E-state index in [9.17, 15) is 22.8 Å². The summed E-state index contributed by atoms with van der Waals surface area (Å²) in [4.78, 5) is 29.2. The SMILES string of the molecule is Cc1cc(C(=O)CCc2sc(-c3ccc(CC(F)(F)F)cc3)nc2C(C)C)ccc1OCC(=O)O. The zero-order valence-electron chi connectivity index (χ0n) is 19.6. The van der Waals surface area contributed by atoms with Crippen molar-refractivity contribution in [3.05, 3.63) is 69.7 Å². The minimum atomic E-state index is -4.25. The number of ether oxygens (including phenoxy) is 1. The second-order valence-electron chi connectivity index (χ2n) is 8.56. The van der Waals surface area contributed by atoms with Gasteiger partial charge >= 0.3 is 12.1 Å². The van der Waals surface area contributed by atoms with E-state index in [-0.39, 0.29) is 23.7 Å². The molecule has 5 nitrogen and oxygen atoms in total. The number of halogens is 3. The van der Waals surface area contributed by atoms with E-state index >= 15 is 0 Å². The number of thiazole rings is 1. The molecular weight excluding hydrogens is 479 g/mol. The van der Waals surface area contributed by atoms with Crippen LogP contribution in [0.15, 0.2) is 42.5 Å². The zero-order chi connectivity index (χ0) is 25.8. The Kier molecular flexibility index (Phi) is 8.32. The van der Waals surface area contributed by atoms with Crippen molar-refractivity contribution >= 4 is 23.1 Å². The predicted octanol–water partition coefficient (Wildman–Crippen LogP) is 6.63. The number of carbonyl (C=O) groups is 2. The van der Waals surface area contributed by atoms with E-state index in [1.165, 1.54) is 23.5 Å². The first kappa shape index (κ1) is 26.4. The second-order valence-corrected chi connectivity index (χ2v) is 9.64. The third-order valence-corrected chi connectivity index (χ3v) is 6.49. The maximum Gasteiger partial charge on any atom is 0.393 e. The van der Waals surface area contributed by atoms with E-state index in [2.05, 4.69) is 0 Å². The van der Waals surface area contributed by atoms with Gasteiger partial charge in [-0.3, -0.25) is 4.79 Å². The third-order valence-electron chi connectivity index (χ3n) is 5.31. The molecule has 0 bridgehead atoms. The summed E-state index contributed by atoms with van der Waals surface area (Å²) in [5, 5.41) is 9.46. The standard InChI is InChI=1S/C26H26F3NO4S/c1-15(2)24-22(35-25(30-24)18-6-4-17(5-7-18)13-26(27,28)29)11-9-20(31)19-8-10-21(16(3)12-19)34-14-23(32)33/h4-8,10,12,15H,9,11,13-14H2,1-3H3,(H,32,33). The summed E-state index contributed by atoms with van der Waals surface area (Å²) in [5.74, 6) is -0.590. The van der Waals surface area contributed by atoms with E-state index in [1.807, 2.05) is 13.8 Å². The van der Waals surface area contributed by atoms with Crippen LogP contribution < -0.4 is 4.74 Å².